The van der Waals surface area contributed by atoms with Gasteiger partial charge in [-0.15, -0.1) is 0 Å². The molecule has 1 fully saturated rings. The number of hydrogen-bond donors (Lipinski definition) is 3. The molecule has 2 amide bonds. The van der Waals surface area contributed by atoms with E-state index in [1.54, 1.807) is 24.3 Å². The molecule has 0 spiro atoms. The van der Waals surface area contributed by atoms with Crippen molar-refractivity contribution < 1.29 is 33.5 Å². The molecular weight excluding hydrogens is 506 g/mol. The normalized spacial score (nSPS) is 14.8. The second-order valence-electron chi connectivity index (χ2n) is 9.46. The minimum absolute atomic E-state index is 0.153. The monoisotopic (exact) mass is 545 g/mol. The van der Waals surface area contributed by atoms with Crippen LogP contribution in [0.4, 0.5) is 4.79 Å². The highest BCUT2D eigenvalue weighted by atomic mass is 16.5. The van der Waals surface area contributed by atoms with Crippen LogP contribution in [0.2, 0.25) is 0 Å². The first-order chi connectivity index (χ1) is 19.0. The molecule has 2 aromatic rings. The molecule has 214 valence electrons. The molecule has 0 radical (unpaired) electrons. The molecule has 2 heterocycles. The second-order valence-corrected chi connectivity index (χ2v) is 9.46. The van der Waals surface area contributed by atoms with E-state index in [1.165, 1.54) is 12.0 Å². The minimum atomic E-state index is -0.954. The Morgan fingerprint density at radius 1 is 1.08 bits per heavy atom. The molecule has 1 saturated heterocycles. The van der Waals surface area contributed by atoms with Crippen LogP contribution in [0.15, 0.2) is 28.8 Å². The molecule has 12 nitrogen and oxygen atoms in total. The fourth-order valence-corrected chi connectivity index (χ4v) is 4.48. The maximum atomic E-state index is 12.0. The average molecular weight is 546 g/mol. The van der Waals surface area contributed by atoms with Gasteiger partial charge in [-0.1, -0.05) is 49.4 Å². The molecule has 0 aliphatic carbocycles. The zero-order chi connectivity index (χ0) is 27.9. The summed E-state index contributed by atoms with van der Waals surface area (Å²) in [4.78, 5) is 40.8. The summed E-state index contributed by atoms with van der Waals surface area (Å²) in [6.07, 6.45) is 8.11. The van der Waals surface area contributed by atoms with Gasteiger partial charge in [-0.05, 0) is 44.4 Å². The third-order valence-electron chi connectivity index (χ3n) is 6.55. The summed E-state index contributed by atoms with van der Waals surface area (Å²) in [5.74, 6) is 0.524. The van der Waals surface area contributed by atoms with Crippen molar-refractivity contribution in [2.24, 2.45) is 0 Å². The molecule has 3 rings (SSSR count). The van der Waals surface area contributed by atoms with Crippen LogP contribution in [-0.4, -0.2) is 71.5 Å². The van der Waals surface area contributed by atoms with E-state index in [0.29, 0.717) is 49.1 Å². The van der Waals surface area contributed by atoms with Crippen LogP contribution in [0, 0.1) is 0 Å². The predicted molar refractivity (Wildman–Crippen MR) is 141 cm³/mol. The molecule has 1 aliphatic rings. The number of nitrogens with zero attached hydrogens (tertiary/aromatic N) is 3. The number of ether oxygens (including phenoxy) is 2. The van der Waals surface area contributed by atoms with Crippen molar-refractivity contribution >= 4 is 18.0 Å². The Hall–Kier alpha value is -3.67. The van der Waals surface area contributed by atoms with E-state index < -0.39 is 12.1 Å². The number of carbonyl (C=O) groups is 3. The Kier molecular flexibility index (Phi) is 12.5. The Balaban J connectivity index is 1.14. The maximum Gasteiger partial charge on any atom is 0.407 e. The molecule has 0 bridgehead atoms. The zero-order valence-electron chi connectivity index (χ0n) is 22.5. The number of benzene rings is 1. The number of hydrogen-bond acceptors (Lipinski definition) is 9. The first-order valence-electron chi connectivity index (χ1n) is 13.6. The molecule has 1 aliphatic heterocycles. The van der Waals surface area contributed by atoms with Gasteiger partial charge < -0.3 is 29.7 Å². The van der Waals surface area contributed by atoms with Gasteiger partial charge in [-0.2, -0.15) is 4.98 Å². The topological polar surface area (TPSA) is 156 Å². The van der Waals surface area contributed by atoms with E-state index in [2.05, 4.69) is 20.8 Å². The van der Waals surface area contributed by atoms with Crippen LogP contribution in [0.25, 0.3) is 0 Å². The number of unbranched alkanes of at least 4 members (excludes halogenated alkanes) is 6. The second kappa shape index (κ2) is 16.3. The first-order valence-corrected chi connectivity index (χ1v) is 13.6. The van der Waals surface area contributed by atoms with Gasteiger partial charge >= 0.3 is 12.1 Å². The van der Waals surface area contributed by atoms with Crippen molar-refractivity contribution in [3.8, 4) is 5.75 Å². The van der Waals surface area contributed by atoms with Gasteiger partial charge in [0.1, 0.15) is 17.4 Å². The zero-order valence-corrected chi connectivity index (χ0v) is 22.5. The number of carboxylic acid groups (broad SMARTS) is 1. The van der Waals surface area contributed by atoms with Crippen molar-refractivity contribution in [1.29, 1.82) is 0 Å². The highest BCUT2D eigenvalue weighted by Crippen LogP contribution is 2.30. The number of amides is 2. The van der Waals surface area contributed by atoms with Gasteiger partial charge in [-0.25, -0.2) is 9.59 Å². The number of likely N-dealkylation sites (tertiary alicyclic amines) is 1. The summed E-state index contributed by atoms with van der Waals surface area (Å²) < 4.78 is 15.5. The summed E-state index contributed by atoms with van der Waals surface area (Å²) in [6.45, 7) is 2.29. The number of methoxy groups -OCH3 is 1. The smallest absolute Gasteiger partial charge is 0.407 e. The molecule has 3 N–H and O–H groups in total. The fraction of sp³-hybridized carbons (Fsp3) is 0.593. The van der Waals surface area contributed by atoms with Crippen LogP contribution in [0.5, 0.6) is 5.75 Å². The van der Waals surface area contributed by atoms with Crippen molar-refractivity contribution in [3.05, 3.63) is 41.5 Å². The Labute approximate surface area is 228 Å². The van der Waals surface area contributed by atoms with E-state index >= 15 is 0 Å². The van der Waals surface area contributed by atoms with Crippen LogP contribution >= 0.6 is 0 Å². The molecular formula is C27H39N5O7. The van der Waals surface area contributed by atoms with E-state index in [-0.39, 0.29) is 18.6 Å². The van der Waals surface area contributed by atoms with Crippen molar-refractivity contribution in [2.75, 3.05) is 33.4 Å². The highest BCUT2D eigenvalue weighted by Gasteiger charge is 2.33. The van der Waals surface area contributed by atoms with E-state index in [1.807, 2.05) is 0 Å². The van der Waals surface area contributed by atoms with Gasteiger partial charge in [0, 0.05) is 13.1 Å². The minimum Gasteiger partial charge on any atom is -0.483 e. The summed E-state index contributed by atoms with van der Waals surface area (Å²) in [7, 11) is 1.30. The maximum absolute atomic E-state index is 12.0. The highest BCUT2D eigenvalue weighted by molar-refractivity contribution is 5.92. The third-order valence-corrected chi connectivity index (χ3v) is 6.55. The van der Waals surface area contributed by atoms with Gasteiger partial charge in [0.25, 0.3) is 5.91 Å². The van der Waals surface area contributed by atoms with Crippen LogP contribution < -0.4 is 15.4 Å². The molecule has 1 atom stereocenters. The molecule has 12 heteroatoms. The van der Waals surface area contributed by atoms with Crippen LogP contribution in [0.3, 0.4) is 0 Å². The molecule has 0 saturated carbocycles. The Morgan fingerprint density at radius 3 is 2.54 bits per heavy atom. The van der Waals surface area contributed by atoms with Crippen molar-refractivity contribution in [1.82, 2.24) is 25.7 Å². The predicted octanol–water partition coefficient (Wildman–Crippen LogP) is 3.69. The lowest BCUT2D eigenvalue weighted by Gasteiger charge is -2.17. The quantitative estimate of drug-likeness (QED) is 0.198. The number of para-hydroxylation sites is 1. The Bertz CT molecular complexity index is 1060. The number of esters is 1. The third kappa shape index (κ3) is 9.86. The summed E-state index contributed by atoms with van der Waals surface area (Å²) in [5, 5.41) is 19.4. The SMILES string of the molecule is COC(=O)c1ccccc1OCC(=O)NCCCCCCCCCNCc1noc([C@H]2CCCN2C(=O)O)n1. The van der Waals surface area contributed by atoms with Gasteiger partial charge in [0.05, 0.1) is 13.7 Å². The lowest BCUT2D eigenvalue weighted by Crippen LogP contribution is -2.29. The number of carbonyl (C=O) groups excluding carboxylic acids is 2. The Morgan fingerprint density at radius 2 is 1.79 bits per heavy atom. The molecule has 1 aromatic carbocycles. The van der Waals surface area contributed by atoms with Gasteiger partial charge in [0.15, 0.2) is 12.4 Å². The summed E-state index contributed by atoms with van der Waals surface area (Å²) >= 11 is 0. The summed E-state index contributed by atoms with van der Waals surface area (Å²) in [5.41, 5.74) is 0.291. The van der Waals surface area contributed by atoms with Crippen LogP contribution in [0.1, 0.15) is 85.9 Å². The fourth-order valence-electron chi connectivity index (χ4n) is 4.48. The first kappa shape index (κ1) is 29.9. The molecule has 0 unspecified atom stereocenters. The van der Waals surface area contributed by atoms with E-state index in [9.17, 15) is 19.5 Å². The van der Waals surface area contributed by atoms with E-state index in [0.717, 1.165) is 57.9 Å². The van der Waals surface area contributed by atoms with Crippen molar-refractivity contribution in [2.45, 2.75) is 70.4 Å². The number of nitrogens with one attached hydrogen (secondary N) is 2. The standard InChI is InChI=1S/C27H39N5O7/c1-37-26(34)20-12-7-8-14-22(20)38-19-24(33)29-16-10-6-4-2-3-5-9-15-28-18-23-30-25(39-31-23)21-13-11-17-32(21)27(35)36/h7-8,12,14,21,28H,2-6,9-11,13,15-19H2,1H3,(H,29,33)(H,35,36)/t21-/m1/s1. The summed E-state index contributed by atoms with van der Waals surface area (Å²) in [6, 6.07) is 6.33. The molecule has 39 heavy (non-hydrogen) atoms. The van der Waals surface area contributed by atoms with Gasteiger partial charge in [-0.3, -0.25) is 9.69 Å². The number of rotatable bonds is 17. The lowest BCUT2D eigenvalue weighted by atomic mass is 10.1. The van der Waals surface area contributed by atoms with Gasteiger partial charge in [0.2, 0.25) is 5.89 Å². The molecule has 1 aromatic heterocycles. The average Bonchev–Trinajstić information content (AvgIpc) is 3.62. The van der Waals surface area contributed by atoms with Crippen LogP contribution in [-0.2, 0) is 16.1 Å². The lowest BCUT2D eigenvalue weighted by molar-refractivity contribution is -0.123. The number of aromatic nitrogens is 2. The largest absolute Gasteiger partial charge is 0.483 e. The van der Waals surface area contributed by atoms with E-state index in [4.69, 9.17) is 14.0 Å². The van der Waals surface area contributed by atoms with Crippen molar-refractivity contribution in [3.63, 3.8) is 0 Å².